The van der Waals surface area contributed by atoms with Crippen LogP contribution in [0.25, 0.3) is 16.5 Å². The number of nitriles is 1. The van der Waals surface area contributed by atoms with E-state index in [1.54, 1.807) is 11.0 Å². The van der Waals surface area contributed by atoms with E-state index in [9.17, 15) is 9.90 Å². The molecule has 8 nitrogen and oxygen atoms in total. The second-order valence-corrected chi connectivity index (χ2v) is 7.35. The molecule has 10 heteroatoms. The summed E-state index contributed by atoms with van der Waals surface area (Å²) in [5, 5.41) is 23.1. The maximum Gasteiger partial charge on any atom is 0.248 e. The summed E-state index contributed by atoms with van der Waals surface area (Å²) < 4.78 is 2.08. The Hall–Kier alpha value is -2.44. The number of amides is 1. The topological polar surface area (TPSA) is 105 Å². The number of hydrogen-bond acceptors (Lipinski definition) is 6. The predicted octanol–water partition coefficient (Wildman–Crippen LogP) is 1.67. The second kappa shape index (κ2) is 7.53. The van der Waals surface area contributed by atoms with Gasteiger partial charge in [0.1, 0.15) is 13.2 Å². The van der Waals surface area contributed by atoms with Crippen LogP contribution in [0, 0.1) is 11.3 Å². The highest BCUT2D eigenvalue weighted by Crippen LogP contribution is 2.44. The summed E-state index contributed by atoms with van der Waals surface area (Å²) >= 11 is 13.0. The molecule has 0 saturated heterocycles. The van der Waals surface area contributed by atoms with Gasteiger partial charge in [-0.3, -0.25) is 4.79 Å². The van der Waals surface area contributed by atoms with E-state index in [1.807, 2.05) is 6.20 Å². The number of anilines is 1. The number of aromatic nitrogens is 1. The highest BCUT2D eigenvalue weighted by atomic mass is 35.5. The number of hydrazine groups is 1. The number of fused-ring (bicyclic) bond motifs is 3. The normalized spacial score (nSPS) is 15.8. The smallest absolute Gasteiger partial charge is 0.248 e. The van der Waals surface area contributed by atoms with Gasteiger partial charge in [0, 0.05) is 48.2 Å². The first-order chi connectivity index (χ1) is 13.6. The Morgan fingerprint density at radius 3 is 2.89 bits per heavy atom. The lowest BCUT2D eigenvalue weighted by Gasteiger charge is -2.29. The summed E-state index contributed by atoms with van der Waals surface area (Å²) in [5.74, 6) is -0.314. The van der Waals surface area contributed by atoms with Crippen LogP contribution in [0.2, 0.25) is 10.0 Å². The summed E-state index contributed by atoms with van der Waals surface area (Å²) in [7, 11) is 0. The third-order valence-electron chi connectivity index (χ3n) is 5.06. The van der Waals surface area contributed by atoms with Gasteiger partial charge in [-0.15, -0.1) is 0 Å². The summed E-state index contributed by atoms with van der Waals surface area (Å²) in [4.78, 5) is 13.7. The van der Waals surface area contributed by atoms with Crippen molar-refractivity contribution in [2.24, 2.45) is 0 Å². The van der Waals surface area contributed by atoms with E-state index in [-0.39, 0.29) is 12.5 Å². The number of benzene rings is 1. The van der Waals surface area contributed by atoms with Crippen molar-refractivity contribution >= 4 is 51.3 Å². The van der Waals surface area contributed by atoms with Crippen molar-refractivity contribution in [3.05, 3.63) is 33.6 Å². The van der Waals surface area contributed by atoms with Crippen molar-refractivity contribution in [3.63, 3.8) is 0 Å². The lowest BCUT2D eigenvalue weighted by Crippen LogP contribution is -2.39. The quantitative estimate of drug-likeness (QED) is 0.560. The van der Waals surface area contributed by atoms with Gasteiger partial charge < -0.3 is 25.3 Å². The monoisotopic (exact) mass is 420 g/mol. The maximum absolute atomic E-state index is 12.1. The molecule has 28 heavy (non-hydrogen) atoms. The first-order valence-electron chi connectivity index (χ1n) is 8.77. The summed E-state index contributed by atoms with van der Waals surface area (Å²) in [6.07, 6.45) is 1.87. The van der Waals surface area contributed by atoms with Crippen molar-refractivity contribution < 1.29 is 9.90 Å². The van der Waals surface area contributed by atoms with E-state index in [2.05, 4.69) is 26.8 Å². The van der Waals surface area contributed by atoms with Crippen LogP contribution in [0.15, 0.2) is 12.3 Å². The molecule has 0 saturated carbocycles. The molecule has 146 valence electrons. The van der Waals surface area contributed by atoms with E-state index in [4.69, 9.17) is 28.5 Å². The molecule has 0 radical (unpaired) electrons. The number of halogens is 2. The number of carbonyl (C=O) groups excluding carboxylic acids is 1. The number of rotatable bonds is 4. The highest BCUT2D eigenvalue weighted by molar-refractivity contribution is 6.46. The maximum atomic E-state index is 12.1. The number of aliphatic hydroxyl groups is 1. The molecule has 2 aliphatic rings. The van der Waals surface area contributed by atoms with E-state index < -0.39 is 6.61 Å². The van der Waals surface area contributed by atoms with E-state index in [0.29, 0.717) is 36.2 Å². The zero-order valence-electron chi connectivity index (χ0n) is 14.9. The van der Waals surface area contributed by atoms with Gasteiger partial charge in [0.05, 0.1) is 28.2 Å². The molecule has 0 fully saturated rings. The van der Waals surface area contributed by atoms with Crippen molar-refractivity contribution in [2.75, 3.05) is 31.6 Å². The minimum Gasteiger partial charge on any atom is -0.387 e. The zero-order chi connectivity index (χ0) is 19.8. The van der Waals surface area contributed by atoms with Gasteiger partial charge in [0.15, 0.2) is 0 Å². The Kier molecular flexibility index (Phi) is 5.08. The molecule has 0 unspecified atom stereocenters. The fraction of sp³-hybridized carbons (Fsp3) is 0.333. The van der Waals surface area contributed by atoms with Crippen LogP contribution in [0.4, 0.5) is 5.69 Å². The molecule has 0 aliphatic carbocycles. The number of aliphatic hydroxyl groups excluding tert-OH is 1. The van der Waals surface area contributed by atoms with Gasteiger partial charge in [0.25, 0.3) is 0 Å². The van der Waals surface area contributed by atoms with E-state index in [1.165, 1.54) is 0 Å². The number of nitrogens with one attached hydrogen (secondary N) is 3. The molecule has 1 amide bonds. The van der Waals surface area contributed by atoms with Crippen molar-refractivity contribution in [1.29, 1.82) is 5.26 Å². The lowest BCUT2D eigenvalue weighted by atomic mass is 10.0. The van der Waals surface area contributed by atoms with Gasteiger partial charge >= 0.3 is 0 Å². The average Bonchev–Trinajstić information content (AvgIpc) is 3.34. The second-order valence-electron chi connectivity index (χ2n) is 6.57. The van der Waals surface area contributed by atoms with Gasteiger partial charge in [-0.05, 0) is 11.6 Å². The Labute approximate surface area is 171 Å². The Morgan fingerprint density at radius 1 is 1.39 bits per heavy atom. The van der Waals surface area contributed by atoms with Gasteiger partial charge in [-0.2, -0.15) is 5.26 Å². The third kappa shape index (κ3) is 2.97. The molecular formula is C18H18Cl2N6O2. The fourth-order valence-corrected chi connectivity index (χ4v) is 4.30. The molecule has 2 aromatic rings. The van der Waals surface area contributed by atoms with Crippen molar-refractivity contribution in [3.8, 4) is 6.07 Å². The minimum absolute atomic E-state index is 0.123. The Balaban J connectivity index is 2.00. The SMILES string of the molecule is N#CCNc1cc(Cl)c(Cl)c2c1c(C1=CNNC1)c1n2CCN(C(=O)CO)C1. The minimum atomic E-state index is -0.525. The molecule has 3 heterocycles. The van der Waals surface area contributed by atoms with Crippen LogP contribution in [-0.2, 0) is 17.9 Å². The molecule has 1 aromatic heterocycles. The third-order valence-corrected chi connectivity index (χ3v) is 5.83. The zero-order valence-corrected chi connectivity index (χ0v) is 16.4. The standard InChI is InChI=1S/C18H18Cl2N6O2/c19-11-5-12(22-2-1-21)16-15(10-6-23-24-7-10)13-8-25(14(28)9-27)3-4-26(13)18(16)17(11)20/h5-6,22-24,27H,2-4,7-9H2. The molecule has 1 aromatic carbocycles. The van der Waals surface area contributed by atoms with Crippen LogP contribution in [-0.4, -0.2) is 46.7 Å². The molecule has 0 atom stereocenters. The molecular weight excluding hydrogens is 403 g/mol. The van der Waals surface area contributed by atoms with Gasteiger partial charge in [0.2, 0.25) is 5.91 Å². The van der Waals surface area contributed by atoms with Crippen LogP contribution in [0.5, 0.6) is 0 Å². The largest absolute Gasteiger partial charge is 0.387 e. The molecule has 4 rings (SSSR count). The Bertz CT molecular complexity index is 1040. The molecule has 2 aliphatic heterocycles. The van der Waals surface area contributed by atoms with Gasteiger partial charge in [-0.1, -0.05) is 23.2 Å². The number of hydrogen-bond donors (Lipinski definition) is 4. The van der Waals surface area contributed by atoms with Crippen molar-refractivity contribution in [1.82, 2.24) is 20.3 Å². The number of nitrogens with zero attached hydrogens (tertiary/aromatic N) is 3. The first-order valence-corrected chi connectivity index (χ1v) is 9.52. The van der Waals surface area contributed by atoms with Gasteiger partial charge in [-0.25, -0.2) is 5.43 Å². The number of carbonyl (C=O) groups is 1. The van der Waals surface area contributed by atoms with Crippen LogP contribution >= 0.6 is 23.2 Å². The van der Waals surface area contributed by atoms with E-state index >= 15 is 0 Å². The highest BCUT2D eigenvalue weighted by Gasteiger charge is 2.31. The van der Waals surface area contributed by atoms with Crippen LogP contribution in [0.3, 0.4) is 0 Å². The predicted molar refractivity (Wildman–Crippen MR) is 108 cm³/mol. The fourth-order valence-electron chi connectivity index (χ4n) is 3.85. The first kappa shape index (κ1) is 18.9. The van der Waals surface area contributed by atoms with E-state index in [0.717, 1.165) is 33.4 Å². The molecule has 4 N–H and O–H groups in total. The average molecular weight is 421 g/mol. The summed E-state index contributed by atoms with van der Waals surface area (Å²) in [6.45, 7) is 1.55. The van der Waals surface area contributed by atoms with Crippen LogP contribution in [0.1, 0.15) is 11.3 Å². The molecule has 0 spiro atoms. The lowest BCUT2D eigenvalue weighted by molar-refractivity contribution is -0.135. The summed E-state index contributed by atoms with van der Waals surface area (Å²) in [6, 6.07) is 3.81. The summed E-state index contributed by atoms with van der Waals surface area (Å²) in [5.41, 5.74) is 10.4. The van der Waals surface area contributed by atoms with Crippen molar-refractivity contribution in [2.45, 2.75) is 13.1 Å². The molecule has 0 bridgehead atoms. The van der Waals surface area contributed by atoms with Crippen LogP contribution < -0.4 is 16.2 Å². The Morgan fingerprint density at radius 2 is 2.21 bits per heavy atom.